The van der Waals surface area contributed by atoms with Crippen LogP contribution in [0.5, 0.6) is 11.5 Å². The average molecular weight is 275 g/mol. The van der Waals surface area contributed by atoms with Crippen LogP contribution in [-0.2, 0) is 0 Å². The number of hydrazone groups is 1. The summed E-state index contributed by atoms with van der Waals surface area (Å²) in [5, 5.41) is 4.77. The number of hydrogen-bond donors (Lipinski definition) is 1. The Bertz CT molecular complexity index is 629. The minimum atomic E-state index is 0.272. The summed E-state index contributed by atoms with van der Waals surface area (Å²) in [6.45, 7) is 0.272. The van der Waals surface area contributed by atoms with Crippen molar-refractivity contribution in [3.63, 3.8) is 0 Å². The fourth-order valence-corrected chi connectivity index (χ4v) is 1.90. The van der Waals surface area contributed by atoms with Gasteiger partial charge in [0.2, 0.25) is 6.79 Å². The Labute approximate surface area is 115 Å². The van der Waals surface area contributed by atoms with Gasteiger partial charge in [-0.25, -0.2) is 0 Å². The van der Waals surface area contributed by atoms with E-state index in [0.717, 1.165) is 22.7 Å². The van der Waals surface area contributed by atoms with Gasteiger partial charge in [-0.05, 0) is 35.9 Å². The average Bonchev–Trinajstić information content (AvgIpc) is 2.88. The van der Waals surface area contributed by atoms with Crippen molar-refractivity contribution >= 4 is 23.5 Å². The molecular weight excluding hydrogens is 264 g/mol. The highest BCUT2D eigenvalue weighted by Gasteiger charge is 2.12. The van der Waals surface area contributed by atoms with Gasteiger partial charge in [0.05, 0.1) is 16.9 Å². The fourth-order valence-electron chi connectivity index (χ4n) is 1.72. The third-order valence-corrected chi connectivity index (χ3v) is 3.00. The molecule has 0 aliphatic carbocycles. The van der Waals surface area contributed by atoms with Crippen LogP contribution >= 0.6 is 11.6 Å². The van der Waals surface area contributed by atoms with E-state index < -0.39 is 0 Å². The molecule has 0 fully saturated rings. The van der Waals surface area contributed by atoms with E-state index in [0.29, 0.717) is 5.02 Å². The van der Waals surface area contributed by atoms with Gasteiger partial charge in [-0.2, -0.15) is 5.10 Å². The molecule has 0 spiro atoms. The molecule has 0 amide bonds. The molecule has 4 nitrogen and oxygen atoms in total. The van der Waals surface area contributed by atoms with Gasteiger partial charge in [-0.3, -0.25) is 5.43 Å². The summed E-state index contributed by atoms with van der Waals surface area (Å²) >= 11 is 6.01. The number of rotatable bonds is 3. The molecule has 0 unspecified atom stereocenters. The van der Waals surface area contributed by atoms with Crippen molar-refractivity contribution in [1.29, 1.82) is 0 Å². The van der Waals surface area contributed by atoms with Crippen molar-refractivity contribution in [1.82, 2.24) is 0 Å². The highest BCUT2D eigenvalue weighted by Crippen LogP contribution is 2.32. The first-order valence-electron chi connectivity index (χ1n) is 5.76. The van der Waals surface area contributed by atoms with E-state index in [2.05, 4.69) is 10.5 Å². The summed E-state index contributed by atoms with van der Waals surface area (Å²) in [6.07, 6.45) is 1.70. The molecule has 5 heteroatoms. The van der Waals surface area contributed by atoms with E-state index in [9.17, 15) is 0 Å². The Balaban J connectivity index is 1.71. The Morgan fingerprint density at radius 3 is 2.84 bits per heavy atom. The molecule has 19 heavy (non-hydrogen) atoms. The van der Waals surface area contributed by atoms with Crippen molar-refractivity contribution in [3.05, 3.63) is 53.1 Å². The number of hydrogen-bond acceptors (Lipinski definition) is 4. The summed E-state index contributed by atoms with van der Waals surface area (Å²) in [6, 6.07) is 13.1. The highest BCUT2D eigenvalue weighted by molar-refractivity contribution is 6.33. The topological polar surface area (TPSA) is 42.9 Å². The molecule has 0 radical (unpaired) electrons. The van der Waals surface area contributed by atoms with E-state index >= 15 is 0 Å². The number of benzene rings is 2. The van der Waals surface area contributed by atoms with Crippen molar-refractivity contribution in [2.45, 2.75) is 0 Å². The van der Waals surface area contributed by atoms with Crippen molar-refractivity contribution in [3.8, 4) is 11.5 Å². The third kappa shape index (κ3) is 2.63. The summed E-state index contributed by atoms with van der Waals surface area (Å²) in [5.41, 5.74) is 4.58. The SMILES string of the molecule is Clc1ccccc1N/N=C\c1ccc2c(c1)OCO2. The zero-order valence-electron chi connectivity index (χ0n) is 9.97. The molecule has 3 rings (SSSR count). The number of nitrogens with one attached hydrogen (secondary N) is 1. The van der Waals surface area contributed by atoms with Crippen molar-refractivity contribution in [2.24, 2.45) is 5.10 Å². The predicted molar refractivity (Wildman–Crippen MR) is 75.2 cm³/mol. The fraction of sp³-hybridized carbons (Fsp3) is 0.0714. The maximum Gasteiger partial charge on any atom is 0.231 e. The van der Waals surface area contributed by atoms with Crippen LogP contribution in [0.3, 0.4) is 0 Å². The molecule has 1 aliphatic rings. The number of anilines is 1. The molecule has 1 heterocycles. The first kappa shape index (κ1) is 11.9. The quantitative estimate of drug-likeness (QED) is 0.688. The van der Waals surface area contributed by atoms with Crippen LogP contribution in [0.4, 0.5) is 5.69 Å². The van der Waals surface area contributed by atoms with Gasteiger partial charge in [0.25, 0.3) is 0 Å². The van der Waals surface area contributed by atoms with Gasteiger partial charge in [-0.1, -0.05) is 23.7 Å². The van der Waals surface area contributed by atoms with Gasteiger partial charge >= 0.3 is 0 Å². The van der Waals surface area contributed by atoms with Crippen LogP contribution in [0, 0.1) is 0 Å². The Morgan fingerprint density at radius 2 is 1.95 bits per heavy atom. The summed E-state index contributed by atoms with van der Waals surface area (Å²) < 4.78 is 10.5. The second-order valence-corrected chi connectivity index (χ2v) is 4.37. The second kappa shape index (κ2) is 5.20. The van der Waals surface area contributed by atoms with E-state index in [1.807, 2.05) is 36.4 Å². The lowest BCUT2D eigenvalue weighted by molar-refractivity contribution is 0.174. The molecule has 0 aromatic heterocycles. The number of ether oxygens (including phenoxy) is 2. The Kier molecular flexibility index (Phi) is 3.25. The lowest BCUT2D eigenvalue weighted by Gasteiger charge is -2.02. The minimum absolute atomic E-state index is 0.272. The van der Waals surface area contributed by atoms with Gasteiger partial charge < -0.3 is 9.47 Å². The number of nitrogens with zero attached hydrogens (tertiary/aromatic N) is 1. The molecule has 2 aromatic rings. The standard InChI is InChI=1S/C14H11ClN2O2/c15-11-3-1-2-4-12(11)17-16-8-10-5-6-13-14(7-10)19-9-18-13/h1-8,17H,9H2/b16-8-. The zero-order chi connectivity index (χ0) is 13.1. The van der Waals surface area contributed by atoms with E-state index in [-0.39, 0.29) is 6.79 Å². The highest BCUT2D eigenvalue weighted by atomic mass is 35.5. The third-order valence-electron chi connectivity index (χ3n) is 2.67. The maximum absolute atomic E-state index is 6.01. The monoisotopic (exact) mass is 274 g/mol. The number of para-hydroxylation sites is 1. The largest absolute Gasteiger partial charge is 0.454 e. The smallest absolute Gasteiger partial charge is 0.231 e. The first-order chi connectivity index (χ1) is 9.33. The van der Waals surface area contributed by atoms with E-state index in [4.69, 9.17) is 21.1 Å². The predicted octanol–water partition coefficient (Wildman–Crippen LogP) is 3.51. The molecule has 1 aliphatic heterocycles. The molecular formula is C14H11ClN2O2. The van der Waals surface area contributed by atoms with Crippen LogP contribution in [0.1, 0.15) is 5.56 Å². The van der Waals surface area contributed by atoms with Crippen LogP contribution in [-0.4, -0.2) is 13.0 Å². The van der Waals surface area contributed by atoms with Crippen LogP contribution in [0.25, 0.3) is 0 Å². The van der Waals surface area contributed by atoms with E-state index in [1.165, 1.54) is 0 Å². The zero-order valence-corrected chi connectivity index (χ0v) is 10.7. The molecule has 2 aromatic carbocycles. The van der Waals surface area contributed by atoms with Gasteiger partial charge in [0.15, 0.2) is 11.5 Å². The van der Waals surface area contributed by atoms with Gasteiger partial charge in [0.1, 0.15) is 0 Å². The first-order valence-corrected chi connectivity index (χ1v) is 6.14. The summed E-state index contributed by atoms with van der Waals surface area (Å²) in [4.78, 5) is 0. The lowest BCUT2D eigenvalue weighted by atomic mass is 10.2. The number of fused-ring (bicyclic) bond motifs is 1. The second-order valence-electron chi connectivity index (χ2n) is 3.96. The minimum Gasteiger partial charge on any atom is -0.454 e. The maximum atomic E-state index is 6.01. The summed E-state index contributed by atoms with van der Waals surface area (Å²) in [7, 11) is 0. The van der Waals surface area contributed by atoms with Crippen LogP contribution < -0.4 is 14.9 Å². The Morgan fingerprint density at radius 1 is 1.11 bits per heavy atom. The number of halogens is 1. The van der Waals surface area contributed by atoms with Crippen LogP contribution in [0.2, 0.25) is 5.02 Å². The Hall–Kier alpha value is -2.20. The molecule has 0 saturated heterocycles. The van der Waals surface area contributed by atoms with Crippen LogP contribution in [0.15, 0.2) is 47.6 Å². The summed E-state index contributed by atoms with van der Waals surface area (Å²) in [5.74, 6) is 1.50. The lowest BCUT2D eigenvalue weighted by Crippen LogP contribution is -1.93. The normalized spacial score (nSPS) is 12.9. The molecule has 96 valence electrons. The molecule has 0 saturated carbocycles. The van der Waals surface area contributed by atoms with Crippen molar-refractivity contribution in [2.75, 3.05) is 12.2 Å². The van der Waals surface area contributed by atoms with Crippen molar-refractivity contribution < 1.29 is 9.47 Å². The molecule has 0 bridgehead atoms. The van der Waals surface area contributed by atoms with Gasteiger partial charge in [-0.15, -0.1) is 0 Å². The molecule has 0 atom stereocenters. The molecule has 1 N–H and O–H groups in total. The van der Waals surface area contributed by atoms with E-state index in [1.54, 1.807) is 12.3 Å². The van der Waals surface area contributed by atoms with Gasteiger partial charge in [0, 0.05) is 0 Å².